The Labute approximate surface area is 123 Å². The summed E-state index contributed by atoms with van der Waals surface area (Å²) in [5.41, 5.74) is 0.960. The van der Waals surface area contributed by atoms with Crippen LogP contribution in [0.4, 0.5) is 4.39 Å². The van der Waals surface area contributed by atoms with Crippen molar-refractivity contribution < 1.29 is 14.0 Å². The third kappa shape index (κ3) is 4.26. The maximum atomic E-state index is 12.8. The Kier molecular flexibility index (Phi) is 5.27. The maximum absolute atomic E-state index is 12.8. The van der Waals surface area contributed by atoms with Gasteiger partial charge in [0.05, 0.1) is 0 Å². The van der Waals surface area contributed by atoms with Gasteiger partial charge in [-0.2, -0.15) is 0 Å². The van der Waals surface area contributed by atoms with Crippen LogP contribution >= 0.6 is 0 Å². The molecular formula is C15H20FN3O2. The zero-order chi connectivity index (χ0) is 15.2. The van der Waals surface area contributed by atoms with Crippen LogP contribution in [-0.4, -0.2) is 48.9 Å². The molecule has 0 aromatic heterocycles. The van der Waals surface area contributed by atoms with Crippen molar-refractivity contribution in [2.45, 2.75) is 19.4 Å². The Morgan fingerprint density at radius 3 is 2.76 bits per heavy atom. The molecule has 0 unspecified atom stereocenters. The minimum atomic E-state index is -0.454. The number of hydrogen-bond acceptors (Lipinski definition) is 3. The maximum Gasteiger partial charge on any atom is 0.244 e. The van der Waals surface area contributed by atoms with E-state index in [1.165, 1.54) is 19.1 Å². The molecule has 6 heteroatoms. The molecule has 1 fully saturated rings. The SMILES string of the molecule is CC(=O)N1CCNC[C@H]1C(=O)NCCc1ccc(F)cc1. The van der Waals surface area contributed by atoms with E-state index in [-0.39, 0.29) is 17.6 Å². The Hall–Kier alpha value is -1.95. The van der Waals surface area contributed by atoms with Gasteiger partial charge in [-0.1, -0.05) is 12.1 Å². The highest BCUT2D eigenvalue weighted by Crippen LogP contribution is 2.05. The van der Waals surface area contributed by atoms with Gasteiger partial charge >= 0.3 is 0 Å². The molecule has 1 atom stereocenters. The van der Waals surface area contributed by atoms with Gasteiger partial charge in [-0.15, -0.1) is 0 Å². The van der Waals surface area contributed by atoms with E-state index >= 15 is 0 Å². The highest BCUT2D eigenvalue weighted by Gasteiger charge is 2.29. The number of piperazine rings is 1. The minimum absolute atomic E-state index is 0.0878. The summed E-state index contributed by atoms with van der Waals surface area (Å²) in [5, 5.41) is 5.95. The van der Waals surface area contributed by atoms with Crippen LogP contribution in [-0.2, 0) is 16.0 Å². The first-order valence-electron chi connectivity index (χ1n) is 7.08. The molecule has 21 heavy (non-hydrogen) atoms. The number of rotatable bonds is 4. The van der Waals surface area contributed by atoms with Gasteiger partial charge in [0.2, 0.25) is 11.8 Å². The second-order valence-electron chi connectivity index (χ2n) is 5.10. The van der Waals surface area contributed by atoms with Crippen molar-refractivity contribution in [2.24, 2.45) is 0 Å². The third-order valence-electron chi connectivity index (χ3n) is 3.58. The smallest absolute Gasteiger partial charge is 0.244 e. The first-order valence-corrected chi connectivity index (χ1v) is 7.08. The van der Waals surface area contributed by atoms with Crippen molar-refractivity contribution >= 4 is 11.8 Å². The number of nitrogens with zero attached hydrogens (tertiary/aromatic N) is 1. The summed E-state index contributed by atoms with van der Waals surface area (Å²) in [6.07, 6.45) is 0.631. The van der Waals surface area contributed by atoms with Crippen LogP contribution in [0, 0.1) is 5.82 Å². The van der Waals surface area contributed by atoms with Crippen LogP contribution in [0.3, 0.4) is 0 Å². The fourth-order valence-corrected chi connectivity index (χ4v) is 2.41. The van der Waals surface area contributed by atoms with Crippen LogP contribution in [0.25, 0.3) is 0 Å². The lowest BCUT2D eigenvalue weighted by molar-refractivity contribution is -0.139. The molecule has 2 N–H and O–H groups in total. The summed E-state index contributed by atoms with van der Waals surface area (Å²) in [5.74, 6) is -0.511. The lowest BCUT2D eigenvalue weighted by atomic mass is 10.1. The molecule has 0 spiro atoms. The quantitative estimate of drug-likeness (QED) is 0.839. The average molecular weight is 293 g/mol. The van der Waals surface area contributed by atoms with Gasteiger partial charge in [-0.05, 0) is 24.1 Å². The Balaban J connectivity index is 1.83. The van der Waals surface area contributed by atoms with E-state index in [4.69, 9.17) is 0 Å². The minimum Gasteiger partial charge on any atom is -0.354 e. The predicted molar refractivity (Wildman–Crippen MR) is 77.2 cm³/mol. The Bertz CT molecular complexity index is 504. The Morgan fingerprint density at radius 1 is 1.38 bits per heavy atom. The van der Waals surface area contributed by atoms with Gasteiger partial charge in [0.15, 0.2) is 0 Å². The number of benzene rings is 1. The number of nitrogens with one attached hydrogen (secondary N) is 2. The van der Waals surface area contributed by atoms with Crippen molar-refractivity contribution in [3.63, 3.8) is 0 Å². The van der Waals surface area contributed by atoms with E-state index in [1.807, 2.05) is 0 Å². The lowest BCUT2D eigenvalue weighted by Crippen LogP contribution is -2.59. The summed E-state index contributed by atoms with van der Waals surface area (Å²) in [6.45, 7) is 3.67. The molecule has 0 aliphatic carbocycles. The second kappa shape index (κ2) is 7.17. The first-order chi connectivity index (χ1) is 10.1. The van der Waals surface area contributed by atoms with E-state index in [0.29, 0.717) is 32.6 Å². The van der Waals surface area contributed by atoms with Crippen LogP contribution in [0.2, 0.25) is 0 Å². The molecule has 2 rings (SSSR count). The summed E-state index contributed by atoms with van der Waals surface area (Å²) >= 11 is 0. The van der Waals surface area contributed by atoms with Gasteiger partial charge in [-0.3, -0.25) is 9.59 Å². The zero-order valence-corrected chi connectivity index (χ0v) is 12.1. The monoisotopic (exact) mass is 293 g/mol. The van der Waals surface area contributed by atoms with E-state index in [9.17, 15) is 14.0 Å². The molecule has 1 aliphatic rings. The molecule has 1 aromatic carbocycles. The van der Waals surface area contributed by atoms with E-state index in [2.05, 4.69) is 10.6 Å². The van der Waals surface area contributed by atoms with Crippen LogP contribution in [0.1, 0.15) is 12.5 Å². The highest BCUT2D eigenvalue weighted by molar-refractivity contribution is 5.87. The molecule has 0 bridgehead atoms. The van der Waals surface area contributed by atoms with Crippen molar-refractivity contribution in [2.75, 3.05) is 26.2 Å². The van der Waals surface area contributed by atoms with Crippen molar-refractivity contribution in [3.05, 3.63) is 35.6 Å². The van der Waals surface area contributed by atoms with Crippen LogP contribution in [0.15, 0.2) is 24.3 Å². The number of carbonyl (C=O) groups excluding carboxylic acids is 2. The van der Waals surface area contributed by atoms with Gasteiger partial charge in [0.1, 0.15) is 11.9 Å². The van der Waals surface area contributed by atoms with E-state index in [0.717, 1.165) is 5.56 Å². The molecule has 0 saturated carbocycles. The number of carbonyl (C=O) groups is 2. The highest BCUT2D eigenvalue weighted by atomic mass is 19.1. The fraction of sp³-hybridized carbons (Fsp3) is 0.467. The molecular weight excluding hydrogens is 273 g/mol. The molecule has 1 heterocycles. The standard InChI is InChI=1S/C15H20FN3O2/c1-11(20)19-9-8-17-10-14(19)15(21)18-7-6-12-2-4-13(16)5-3-12/h2-5,14,17H,6-10H2,1H3,(H,18,21)/t14-/m0/s1. The fourth-order valence-electron chi connectivity index (χ4n) is 2.41. The van der Waals surface area contributed by atoms with Crippen molar-refractivity contribution in [1.29, 1.82) is 0 Å². The predicted octanol–water partition coefficient (Wildman–Crippen LogP) is 0.305. The van der Waals surface area contributed by atoms with Gasteiger partial charge < -0.3 is 15.5 Å². The number of halogens is 1. The number of hydrogen-bond donors (Lipinski definition) is 2. The van der Waals surface area contributed by atoms with Crippen molar-refractivity contribution in [1.82, 2.24) is 15.5 Å². The molecule has 2 amide bonds. The lowest BCUT2D eigenvalue weighted by Gasteiger charge is -2.34. The van der Waals surface area contributed by atoms with Crippen LogP contribution in [0.5, 0.6) is 0 Å². The summed E-state index contributed by atoms with van der Waals surface area (Å²) in [7, 11) is 0. The summed E-state index contributed by atoms with van der Waals surface area (Å²) in [6, 6.07) is 5.75. The van der Waals surface area contributed by atoms with Gasteiger partial charge in [-0.25, -0.2) is 4.39 Å². The largest absolute Gasteiger partial charge is 0.354 e. The molecule has 0 radical (unpaired) electrons. The molecule has 5 nitrogen and oxygen atoms in total. The second-order valence-corrected chi connectivity index (χ2v) is 5.10. The third-order valence-corrected chi connectivity index (χ3v) is 3.58. The van der Waals surface area contributed by atoms with Crippen molar-refractivity contribution in [3.8, 4) is 0 Å². The molecule has 1 saturated heterocycles. The zero-order valence-electron chi connectivity index (χ0n) is 12.1. The molecule has 1 aliphatic heterocycles. The van der Waals surface area contributed by atoms with Crippen LogP contribution < -0.4 is 10.6 Å². The molecule has 114 valence electrons. The van der Waals surface area contributed by atoms with E-state index < -0.39 is 6.04 Å². The summed E-state index contributed by atoms with van der Waals surface area (Å²) < 4.78 is 12.8. The first kappa shape index (κ1) is 15.4. The summed E-state index contributed by atoms with van der Waals surface area (Å²) in [4.78, 5) is 25.3. The van der Waals surface area contributed by atoms with Gasteiger partial charge in [0.25, 0.3) is 0 Å². The number of amides is 2. The van der Waals surface area contributed by atoms with E-state index in [1.54, 1.807) is 17.0 Å². The molecule has 1 aromatic rings. The average Bonchev–Trinajstić information content (AvgIpc) is 2.49. The van der Waals surface area contributed by atoms with Gasteiger partial charge in [0, 0.05) is 33.1 Å². The topological polar surface area (TPSA) is 61.4 Å². The Morgan fingerprint density at radius 2 is 2.10 bits per heavy atom. The normalized spacial score (nSPS) is 18.4.